The molecule has 0 fully saturated rings. The molecule has 0 saturated heterocycles. The molecule has 0 unspecified atom stereocenters. The van der Waals surface area contributed by atoms with Gasteiger partial charge in [0, 0.05) is 25.8 Å². The van der Waals surface area contributed by atoms with Gasteiger partial charge < -0.3 is 4.57 Å². The zero-order valence-electron chi connectivity index (χ0n) is 11.9. The molecule has 3 heteroatoms. The normalized spacial score (nSPS) is 11.1. The van der Waals surface area contributed by atoms with Gasteiger partial charge in [-0.3, -0.25) is 4.79 Å². The number of rotatable bonds is 7. The third-order valence-corrected chi connectivity index (χ3v) is 3.43. The lowest BCUT2D eigenvalue weighted by atomic mass is 10.1. The lowest BCUT2D eigenvalue weighted by Crippen LogP contribution is -2.05. The smallest absolute Gasteiger partial charge is 0.132 e. The first-order valence-corrected chi connectivity index (χ1v) is 7.22. The number of fused-ring (bicyclic) bond motifs is 1. The first-order valence-electron chi connectivity index (χ1n) is 7.22. The van der Waals surface area contributed by atoms with Gasteiger partial charge in [0.05, 0.1) is 11.0 Å². The van der Waals surface area contributed by atoms with Crippen LogP contribution < -0.4 is 0 Å². The summed E-state index contributed by atoms with van der Waals surface area (Å²) in [5.41, 5.74) is 2.27. The van der Waals surface area contributed by atoms with Crippen LogP contribution in [0.3, 0.4) is 0 Å². The SMILES string of the molecule is CCCn1c(CCCC(=O)CC)nc2ccccc21. The predicted molar refractivity (Wildman–Crippen MR) is 78.3 cm³/mol. The molecule has 102 valence electrons. The Bertz CT molecular complexity index is 557. The van der Waals surface area contributed by atoms with Crippen molar-refractivity contribution in [2.24, 2.45) is 0 Å². The molecule has 0 aliphatic rings. The number of Topliss-reactive ketones (excluding diaryl/α,β-unsaturated/α-hetero) is 1. The number of ketones is 1. The number of hydrogen-bond donors (Lipinski definition) is 0. The van der Waals surface area contributed by atoms with E-state index in [1.54, 1.807) is 0 Å². The second-order valence-corrected chi connectivity index (χ2v) is 4.91. The Labute approximate surface area is 114 Å². The molecular weight excluding hydrogens is 236 g/mol. The third kappa shape index (κ3) is 3.22. The summed E-state index contributed by atoms with van der Waals surface area (Å²) in [4.78, 5) is 16.1. The third-order valence-electron chi connectivity index (χ3n) is 3.43. The molecule has 0 aliphatic heterocycles. The van der Waals surface area contributed by atoms with Crippen molar-refractivity contribution in [2.75, 3.05) is 0 Å². The molecule has 1 aromatic heterocycles. The monoisotopic (exact) mass is 258 g/mol. The van der Waals surface area contributed by atoms with Crippen LogP contribution >= 0.6 is 0 Å². The highest BCUT2D eigenvalue weighted by molar-refractivity contribution is 5.78. The van der Waals surface area contributed by atoms with E-state index in [4.69, 9.17) is 4.98 Å². The van der Waals surface area contributed by atoms with Crippen LogP contribution in [-0.4, -0.2) is 15.3 Å². The van der Waals surface area contributed by atoms with Crippen LogP contribution in [0.1, 0.15) is 45.4 Å². The van der Waals surface area contributed by atoms with Crippen molar-refractivity contribution in [3.8, 4) is 0 Å². The van der Waals surface area contributed by atoms with Gasteiger partial charge in [-0.25, -0.2) is 4.98 Å². The molecule has 3 nitrogen and oxygen atoms in total. The second-order valence-electron chi connectivity index (χ2n) is 4.91. The van der Waals surface area contributed by atoms with Gasteiger partial charge in [-0.05, 0) is 25.0 Å². The topological polar surface area (TPSA) is 34.9 Å². The predicted octanol–water partition coefficient (Wildman–Crippen LogP) is 3.75. The first kappa shape index (κ1) is 13.8. The summed E-state index contributed by atoms with van der Waals surface area (Å²) >= 11 is 0. The Morgan fingerprint density at radius 3 is 2.79 bits per heavy atom. The van der Waals surface area contributed by atoms with Crippen molar-refractivity contribution < 1.29 is 4.79 Å². The Balaban J connectivity index is 2.16. The summed E-state index contributed by atoms with van der Waals surface area (Å²) in [5, 5.41) is 0. The van der Waals surface area contributed by atoms with Crippen LogP contribution in [0.2, 0.25) is 0 Å². The molecule has 1 heterocycles. The molecule has 1 aromatic carbocycles. The van der Waals surface area contributed by atoms with Crippen LogP contribution in [0.25, 0.3) is 11.0 Å². The minimum Gasteiger partial charge on any atom is -0.328 e. The molecule has 0 aliphatic carbocycles. The van der Waals surface area contributed by atoms with Gasteiger partial charge in [0.15, 0.2) is 0 Å². The van der Waals surface area contributed by atoms with Crippen molar-refractivity contribution in [1.29, 1.82) is 0 Å². The molecule has 0 saturated carbocycles. The fourth-order valence-electron chi connectivity index (χ4n) is 2.41. The Hall–Kier alpha value is -1.64. The number of nitrogens with zero attached hydrogens (tertiary/aromatic N) is 2. The van der Waals surface area contributed by atoms with E-state index in [0.29, 0.717) is 18.6 Å². The zero-order chi connectivity index (χ0) is 13.7. The maximum atomic E-state index is 11.4. The lowest BCUT2D eigenvalue weighted by Gasteiger charge is -2.07. The lowest BCUT2D eigenvalue weighted by molar-refractivity contribution is -0.118. The van der Waals surface area contributed by atoms with Crippen LogP contribution in [0.4, 0.5) is 0 Å². The summed E-state index contributed by atoms with van der Waals surface area (Å²) < 4.78 is 2.30. The second kappa shape index (κ2) is 6.50. The molecular formula is C16H22N2O. The standard InChI is InChI=1S/C16H22N2O/c1-3-12-18-15-10-6-5-9-14(15)17-16(18)11-7-8-13(19)4-2/h5-6,9-10H,3-4,7-8,11-12H2,1-2H3. The Morgan fingerprint density at radius 1 is 1.26 bits per heavy atom. The number of aryl methyl sites for hydroxylation is 2. The highest BCUT2D eigenvalue weighted by Gasteiger charge is 2.09. The molecule has 0 bridgehead atoms. The molecule has 0 radical (unpaired) electrons. The van der Waals surface area contributed by atoms with E-state index in [2.05, 4.69) is 29.7 Å². The van der Waals surface area contributed by atoms with E-state index >= 15 is 0 Å². The minimum absolute atomic E-state index is 0.346. The van der Waals surface area contributed by atoms with E-state index in [0.717, 1.165) is 37.1 Å². The Kier molecular flexibility index (Phi) is 4.72. The number of imidazole rings is 1. The summed E-state index contributed by atoms with van der Waals surface area (Å²) in [6.45, 7) is 5.10. The van der Waals surface area contributed by atoms with Crippen molar-refractivity contribution in [3.05, 3.63) is 30.1 Å². The van der Waals surface area contributed by atoms with E-state index in [-0.39, 0.29) is 0 Å². The van der Waals surface area contributed by atoms with E-state index in [1.165, 1.54) is 5.52 Å². The fraction of sp³-hybridized carbons (Fsp3) is 0.500. The van der Waals surface area contributed by atoms with Gasteiger partial charge in [0.2, 0.25) is 0 Å². The van der Waals surface area contributed by atoms with Crippen molar-refractivity contribution in [2.45, 2.75) is 52.5 Å². The average Bonchev–Trinajstić information content (AvgIpc) is 2.77. The van der Waals surface area contributed by atoms with E-state index < -0.39 is 0 Å². The van der Waals surface area contributed by atoms with Crippen LogP contribution in [0.5, 0.6) is 0 Å². The summed E-state index contributed by atoms with van der Waals surface area (Å²) in [5.74, 6) is 1.46. The number of benzene rings is 1. The van der Waals surface area contributed by atoms with Gasteiger partial charge in [0.25, 0.3) is 0 Å². The van der Waals surface area contributed by atoms with Crippen molar-refractivity contribution in [3.63, 3.8) is 0 Å². The molecule has 0 amide bonds. The maximum Gasteiger partial charge on any atom is 0.132 e. The summed E-state index contributed by atoms with van der Waals surface area (Å²) in [7, 11) is 0. The highest BCUT2D eigenvalue weighted by Crippen LogP contribution is 2.18. The van der Waals surface area contributed by atoms with E-state index in [9.17, 15) is 4.79 Å². The number of hydrogen-bond acceptors (Lipinski definition) is 2. The molecule has 0 N–H and O–H groups in total. The van der Waals surface area contributed by atoms with Crippen LogP contribution in [-0.2, 0) is 17.8 Å². The van der Waals surface area contributed by atoms with Gasteiger partial charge in [0.1, 0.15) is 11.6 Å². The van der Waals surface area contributed by atoms with Gasteiger partial charge in [-0.15, -0.1) is 0 Å². The average molecular weight is 258 g/mol. The number of carbonyl (C=O) groups is 1. The van der Waals surface area contributed by atoms with Crippen LogP contribution in [0, 0.1) is 0 Å². The van der Waals surface area contributed by atoms with Gasteiger partial charge in [-0.1, -0.05) is 26.0 Å². The largest absolute Gasteiger partial charge is 0.328 e. The molecule has 2 rings (SSSR count). The zero-order valence-corrected chi connectivity index (χ0v) is 11.9. The first-order chi connectivity index (χ1) is 9.26. The summed E-state index contributed by atoms with van der Waals surface area (Å²) in [6, 6.07) is 8.26. The van der Waals surface area contributed by atoms with Crippen molar-refractivity contribution in [1.82, 2.24) is 9.55 Å². The highest BCUT2D eigenvalue weighted by atomic mass is 16.1. The molecule has 0 atom stereocenters. The van der Waals surface area contributed by atoms with Crippen molar-refractivity contribution >= 4 is 16.8 Å². The van der Waals surface area contributed by atoms with E-state index in [1.807, 2.05) is 13.0 Å². The summed E-state index contributed by atoms with van der Waals surface area (Å²) in [6.07, 6.45) is 4.21. The number of para-hydroxylation sites is 2. The maximum absolute atomic E-state index is 11.4. The quantitative estimate of drug-likeness (QED) is 0.758. The van der Waals surface area contributed by atoms with Gasteiger partial charge in [-0.2, -0.15) is 0 Å². The number of aromatic nitrogens is 2. The van der Waals surface area contributed by atoms with Gasteiger partial charge >= 0.3 is 0 Å². The molecule has 19 heavy (non-hydrogen) atoms. The number of carbonyl (C=O) groups excluding carboxylic acids is 1. The molecule has 0 spiro atoms. The molecule has 2 aromatic rings. The Morgan fingerprint density at radius 2 is 2.05 bits per heavy atom. The van der Waals surface area contributed by atoms with Crippen LogP contribution in [0.15, 0.2) is 24.3 Å². The minimum atomic E-state index is 0.346. The fourth-order valence-corrected chi connectivity index (χ4v) is 2.41.